The lowest BCUT2D eigenvalue weighted by atomic mass is 10.1. The lowest BCUT2D eigenvalue weighted by Gasteiger charge is -2.14. The van der Waals surface area contributed by atoms with Crippen molar-refractivity contribution in [1.29, 1.82) is 0 Å². The predicted octanol–water partition coefficient (Wildman–Crippen LogP) is 7.99. The molecule has 0 atom stereocenters. The summed E-state index contributed by atoms with van der Waals surface area (Å²) in [5.74, 6) is 1.14. The maximum atomic E-state index is 13.2. The first-order valence-corrected chi connectivity index (χ1v) is 13.2. The van der Waals surface area contributed by atoms with Gasteiger partial charge in [-0.2, -0.15) is 0 Å². The highest BCUT2D eigenvalue weighted by Crippen LogP contribution is 2.36. The zero-order chi connectivity index (χ0) is 25.5. The Morgan fingerprint density at radius 1 is 0.972 bits per heavy atom. The lowest BCUT2D eigenvalue weighted by molar-refractivity contribution is -0.122. The second-order valence-electron chi connectivity index (χ2n) is 7.96. The summed E-state index contributed by atoms with van der Waals surface area (Å²) in [5.41, 5.74) is 2.48. The van der Waals surface area contributed by atoms with Crippen LogP contribution in [0, 0.1) is 0 Å². The Hall–Kier alpha value is -2.93. The average Bonchev–Trinajstić information content (AvgIpc) is 3.14. The van der Waals surface area contributed by atoms with Gasteiger partial charge in [-0.3, -0.25) is 9.69 Å². The van der Waals surface area contributed by atoms with Gasteiger partial charge in [-0.25, -0.2) is 4.99 Å². The number of para-hydroxylation sites is 1. The van der Waals surface area contributed by atoms with Crippen molar-refractivity contribution < 1.29 is 14.3 Å². The van der Waals surface area contributed by atoms with E-state index in [-0.39, 0.29) is 12.5 Å². The monoisotopic (exact) mass is 540 g/mol. The molecule has 1 amide bonds. The molecule has 5 nitrogen and oxygen atoms in total. The highest BCUT2D eigenvalue weighted by atomic mass is 35.5. The van der Waals surface area contributed by atoms with Crippen LogP contribution in [-0.4, -0.2) is 29.1 Å². The van der Waals surface area contributed by atoms with Gasteiger partial charge in [0.05, 0.1) is 17.2 Å². The van der Waals surface area contributed by atoms with Crippen molar-refractivity contribution in [3.63, 3.8) is 0 Å². The Kier molecular flexibility index (Phi) is 8.97. The van der Waals surface area contributed by atoms with Crippen molar-refractivity contribution in [3.8, 4) is 11.5 Å². The molecule has 8 heteroatoms. The number of amides is 1. The maximum Gasteiger partial charge on any atom is 0.266 e. The Labute approximate surface area is 225 Å². The van der Waals surface area contributed by atoms with Crippen LogP contribution in [0.1, 0.15) is 31.4 Å². The van der Waals surface area contributed by atoms with Gasteiger partial charge in [-0.15, -0.1) is 0 Å². The van der Waals surface area contributed by atoms with E-state index < -0.39 is 0 Å². The average molecular weight is 542 g/mol. The first kappa shape index (κ1) is 26.1. The largest absolute Gasteiger partial charge is 0.490 e. The minimum absolute atomic E-state index is 0.0489. The van der Waals surface area contributed by atoms with Gasteiger partial charge in [0.2, 0.25) is 0 Å². The van der Waals surface area contributed by atoms with E-state index in [0.29, 0.717) is 44.8 Å². The van der Waals surface area contributed by atoms with Crippen LogP contribution in [0.25, 0.3) is 6.08 Å². The van der Waals surface area contributed by atoms with Crippen LogP contribution in [0.15, 0.2) is 76.6 Å². The van der Waals surface area contributed by atoms with Crippen molar-refractivity contribution in [2.75, 3.05) is 13.2 Å². The van der Waals surface area contributed by atoms with Crippen molar-refractivity contribution >= 4 is 57.8 Å². The van der Waals surface area contributed by atoms with Crippen molar-refractivity contribution in [2.24, 2.45) is 4.99 Å². The molecular weight excluding hydrogens is 515 g/mol. The SMILES string of the molecule is CCCN1C(=O)/C(=C\c2ccc(OCc3ccc(Cl)cc3Cl)c(OCC)c2)SC1=Nc1ccccc1. The number of benzene rings is 3. The zero-order valence-electron chi connectivity index (χ0n) is 20.0. The summed E-state index contributed by atoms with van der Waals surface area (Å²) in [7, 11) is 0. The molecule has 186 valence electrons. The number of halogens is 2. The zero-order valence-corrected chi connectivity index (χ0v) is 22.4. The van der Waals surface area contributed by atoms with Gasteiger partial charge in [0, 0.05) is 22.2 Å². The topological polar surface area (TPSA) is 51.1 Å². The number of rotatable bonds is 9. The number of hydrogen-bond donors (Lipinski definition) is 0. The van der Waals surface area contributed by atoms with E-state index in [0.717, 1.165) is 23.2 Å². The summed E-state index contributed by atoms with van der Waals surface area (Å²) in [4.78, 5) is 20.2. The summed E-state index contributed by atoms with van der Waals surface area (Å²) < 4.78 is 11.8. The molecule has 0 N–H and O–H groups in total. The first-order valence-electron chi connectivity index (χ1n) is 11.7. The Morgan fingerprint density at radius 2 is 1.78 bits per heavy atom. The predicted molar refractivity (Wildman–Crippen MR) is 150 cm³/mol. The highest BCUT2D eigenvalue weighted by Gasteiger charge is 2.32. The molecule has 4 rings (SSSR count). The van der Waals surface area contributed by atoms with Crippen LogP contribution in [0.5, 0.6) is 11.5 Å². The maximum absolute atomic E-state index is 13.2. The fourth-order valence-electron chi connectivity index (χ4n) is 3.57. The molecular formula is C28H26Cl2N2O3S. The van der Waals surface area contributed by atoms with Gasteiger partial charge >= 0.3 is 0 Å². The van der Waals surface area contributed by atoms with Gasteiger partial charge < -0.3 is 9.47 Å². The number of carbonyl (C=O) groups is 1. The molecule has 1 heterocycles. The normalized spacial score (nSPS) is 15.7. The number of nitrogens with zero attached hydrogens (tertiary/aromatic N) is 2. The quantitative estimate of drug-likeness (QED) is 0.258. The third-order valence-corrected chi connectivity index (χ3v) is 6.87. The molecule has 0 spiro atoms. The Bertz CT molecular complexity index is 1300. The van der Waals surface area contributed by atoms with Crippen LogP contribution in [-0.2, 0) is 11.4 Å². The van der Waals surface area contributed by atoms with E-state index >= 15 is 0 Å². The number of aliphatic imine (C=N–C) groups is 1. The molecule has 0 bridgehead atoms. The number of thioether (sulfide) groups is 1. The van der Waals surface area contributed by atoms with Crippen molar-refractivity contribution in [3.05, 3.63) is 92.8 Å². The molecule has 1 saturated heterocycles. The first-order chi connectivity index (χ1) is 17.5. The molecule has 1 aliphatic heterocycles. The van der Waals surface area contributed by atoms with Crippen molar-refractivity contribution in [1.82, 2.24) is 4.90 Å². The van der Waals surface area contributed by atoms with Crippen LogP contribution >= 0.6 is 35.0 Å². The molecule has 0 saturated carbocycles. The summed E-state index contributed by atoms with van der Waals surface area (Å²) >= 11 is 13.6. The molecule has 0 aliphatic carbocycles. The standard InChI is InChI=1S/C28H26Cl2N2O3S/c1-3-14-32-27(33)26(36-28(32)31-22-8-6-5-7-9-22)16-19-10-13-24(25(15-19)34-4-2)35-18-20-11-12-21(29)17-23(20)30/h5-13,15-17H,3-4,14,18H2,1-2H3/b26-16+,31-28?. The van der Waals surface area contributed by atoms with E-state index in [9.17, 15) is 4.79 Å². The molecule has 1 aliphatic rings. The fourth-order valence-corrected chi connectivity index (χ4v) is 5.06. The third kappa shape index (κ3) is 6.44. The van der Waals surface area contributed by atoms with Gasteiger partial charge in [0.25, 0.3) is 5.91 Å². The van der Waals surface area contributed by atoms with Gasteiger partial charge in [-0.1, -0.05) is 60.5 Å². The van der Waals surface area contributed by atoms with Gasteiger partial charge in [-0.05, 0) is 73.1 Å². The number of carbonyl (C=O) groups excluding carboxylic acids is 1. The smallest absolute Gasteiger partial charge is 0.266 e. The van der Waals surface area contributed by atoms with Crippen LogP contribution in [0.3, 0.4) is 0 Å². The molecule has 3 aromatic carbocycles. The summed E-state index contributed by atoms with van der Waals surface area (Å²) in [5, 5.41) is 1.80. The minimum Gasteiger partial charge on any atom is -0.490 e. The van der Waals surface area contributed by atoms with Crippen LogP contribution in [0.4, 0.5) is 5.69 Å². The highest BCUT2D eigenvalue weighted by molar-refractivity contribution is 8.18. The third-order valence-electron chi connectivity index (χ3n) is 5.28. The van der Waals surface area contributed by atoms with E-state index in [1.165, 1.54) is 11.8 Å². The molecule has 1 fully saturated rings. The molecule has 0 radical (unpaired) electrons. The number of ether oxygens (including phenoxy) is 2. The molecule has 3 aromatic rings. The number of hydrogen-bond acceptors (Lipinski definition) is 5. The van der Waals surface area contributed by atoms with E-state index in [2.05, 4.69) is 0 Å². The second kappa shape index (κ2) is 12.3. The Morgan fingerprint density at radius 3 is 2.50 bits per heavy atom. The summed E-state index contributed by atoms with van der Waals surface area (Å²) in [6.07, 6.45) is 2.71. The summed E-state index contributed by atoms with van der Waals surface area (Å²) in [6, 6.07) is 20.6. The number of amidine groups is 1. The van der Waals surface area contributed by atoms with E-state index in [1.807, 2.05) is 74.5 Å². The van der Waals surface area contributed by atoms with Crippen LogP contribution in [0.2, 0.25) is 10.0 Å². The van der Waals surface area contributed by atoms with E-state index in [4.69, 9.17) is 37.7 Å². The molecule has 0 aromatic heterocycles. The minimum atomic E-state index is -0.0489. The Balaban J connectivity index is 1.57. The lowest BCUT2D eigenvalue weighted by Crippen LogP contribution is -2.29. The van der Waals surface area contributed by atoms with Crippen LogP contribution < -0.4 is 9.47 Å². The van der Waals surface area contributed by atoms with Gasteiger partial charge in [0.15, 0.2) is 16.7 Å². The summed E-state index contributed by atoms with van der Waals surface area (Å²) in [6.45, 7) is 5.32. The molecule has 36 heavy (non-hydrogen) atoms. The van der Waals surface area contributed by atoms with Gasteiger partial charge in [0.1, 0.15) is 6.61 Å². The second-order valence-corrected chi connectivity index (χ2v) is 9.81. The van der Waals surface area contributed by atoms with Crippen molar-refractivity contribution in [2.45, 2.75) is 26.9 Å². The fraction of sp³-hybridized carbons (Fsp3) is 0.214. The van der Waals surface area contributed by atoms with E-state index in [1.54, 1.807) is 17.0 Å². The molecule has 0 unspecified atom stereocenters.